The topological polar surface area (TPSA) is 110 Å². The molecule has 0 aliphatic rings. The van der Waals surface area contributed by atoms with Crippen molar-refractivity contribution >= 4 is 22.9 Å². The van der Waals surface area contributed by atoms with E-state index in [1.807, 2.05) is 12.1 Å². The van der Waals surface area contributed by atoms with E-state index in [-0.39, 0.29) is 18.4 Å². The summed E-state index contributed by atoms with van der Waals surface area (Å²) in [5.74, 6) is 0.734. The molecular weight excluding hydrogens is 420 g/mol. The van der Waals surface area contributed by atoms with E-state index in [0.717, 1.165) is 41.9 Å². The third kappa shape index (κ3) is 6.00. The van der Waals surface area contributed by atoms with Crippen LogP contribution in [0.3, 0.4) is 0 Å². The predicted octanol–water partition coefficient (Wildman–Crippen LogP) is 4.99. The van der Waals surface area contributed by atoms with Crippen molar-refractivity contribution in [1.29, 1.82) is 0 Å². The lowest BCUT2D eigenvalue weighted by molar-refractivity contribution is -0.137. The Kier molecular flexibility index (Phi) is 8.25. The Balaban J connectivity index is 1.91. The lowest BCUT2D eigenvalue weighted by atomic mass is 9.97. The van der Waals surface area contributed by atoms with Crippen LogP contribution in [0.2, 0.25) is 0 Å². The van der Waals surface area contributed by atoms with Crippen molar-refractivity contribution in [2.75, 3.05) is 0 Å². The molecule has 2 atom stereocenters. The van der Waals surface area contributed by atoms with Crippen LogP contribution in [0.5, 0.6) is 0 Å². The zero-order valence-corrected chi connectivity index (χ0v) is 19.9. The van der Waals surface area contributed by atoms with Gasteiger partial charge in [0.25, 0.3) is 5.91 Å². The van der Waals surface area contributed by atoms with E-state index in [0.29, 0.717) is 24.3 Å². The summed E-state index contributed by atoms with van der Waals surface area (Å²) < 4.78 is 7.53. The third-order valence-electron chi connectivity index (χ3n) is 6.30. The van der Waals surface area contributed by atoms with Crippen molar-refractivity contribution < 1.29 is 19.2 Å². The van der Waals surface area contributed by atoms with Crippen molar-refractivity contribution in [3.05, 3.63) is 47.6 Å². The number of carbonyl (C=O) groups is 2. The minimum Gasteiger partial charge on any atom is -0.481 e. The summed E-state index contributed by atoms with van der Waals surface area (Å²) in [4.78, 5) is 29.1. The number of fused-ring (bicyclic) bond motifs is 1. The number of benzene rings is 1. The number of hydrogen-bond donors (Lipinski definition) is 2. The molecule has 8 heteroatoms. The van der Waals surface area contributed by atoms with Crippen LogP contribution < -0.4 is 5.32 Å². The van der Waals surface area contributed by atoms with Gasteiger partial charge < -0.3 is 19.5 Å². The molecule has 3 rings (SSSR count). The highest BCUT2D eigenvalue weighted by molar-refractivity contribution is 5.97. The van der Waals surface area contributed by atoms with Crippen LogP contribution in [-0.4, -0.2) is 37.7 Å². The van der Waals surface area contributed by atoms with Crippen LogP contribution in [0, 0.1) is 5.92 Å². The molecule has 178 valence electrons. The molecule has 1 amide bonds. The standard InChI is InChI=1S/C25H34N4O4/c1-5-16(4)12-18(14-24(30)31)27-25(32)17-8-9-22-21(13-17)28-23(15-20-10-11-26-33-20)29(22)19(6-2)7-3/h8-11,13,16,18-19H,5-7,12,14-15H2,1-4H3,(H,27,32)(H,30,31). The second-order valence-corrected chi connectivity index (χ2v) is 8.74. The monoisotopic (exact) mass is 454 g/mol. The maximum Gasteiger partial charge on any atom is 0.305 e. The van der Waals surface area contributed by atoms with Crippen LogP contribution in [0.4, 0.5) is 0 Å². The second-order valence-electron chi connectivity index (χ2n) is 8.74. The number of aromatic nitrogens is 3. The molecule has 0 bridgehead atoms. The van der Waals surface area contributed by atoms with Gasteiger partial charge in [0.1, 0.15) is 11.6 Å². The summed E-state index contributed by atoms with van der Waals surface area (Å²) in [5, 5.41) is 16.0. The Labute approximate surface area is 194 Å². The lowest BCUT2D eigenvalue weighted by Gasteiger charge is -2.20. The number of nitrogens with one attached hydrogen (secondary N) is 1. The van der Waals surface area contributed by atoms with Gasteiger partial charge in [0.2, 0.25) is 0 Å². The van der Waals surface area contributed by atoms with E-state index >= 15 is 0 Å². The van der Waals surface area contributed by atoms with Gasteiger partial charge >= 0.3 is 5.97 Å². The Morgan fingerprint density at radius 1 is 1.15 bits per heavy atom. The minimum atomic E-state index is -0.917. The van der Waals surface area contributed by atoms with Gasteiger partial charge in [-0.3, -0.25) is 9.59 Å². The lowest BCUT2D eigenvalue weighted by Crippen LogP contribution is -2.37. The Morgan fingerprint density at radius 2 is 1.91 bits per heavy atom. The smallest absolute Gasteiger partial charge is 0.305 e. The molecular formula is C25H34N4O4. The average molecular weight is 455 g/mol. The Hall–Kier alpha value is -3.16. The van der Waals surface area contributed by atoms with Gasteiger partial charge in [-0.15, -0.1) is 0 Å². The third-order valence-corrected chi connectivity index (χ3v) is 6.30. The Morgan fingerprint density at radius 3 is 2.52 bits per heavy atom. The number of rotatable bonds is 12. The van der Waals surface area contributed by atoms with Gasteiger partial charge in [-0.1, -0.05) is 39.3 Å². The number of carbonyl (C=O) groups excluding carboxylic acids is 1. The summed E-state index contributed by atoms with van der Waals surface area (Å²) in [6, 6.07) is 7.20. The summed E-state index contributed by atoms with van der Waals surface area (Å²) >= 11 is 0. The second kappa shape index (κ2) is 11.1. The number of nitrogens with zero attached hydrogens (tertiary/aromatic N) is 3. The SMILES string of the molecule is CCC(C)CC(CC(=O)O)NC(=O)c1ccc2c(c1)nc(Cc1ccno1)n2C(CC)CC. The van der Waals surface area contributed by atoms with Crippen LogP contribution in [-0.2, 0) is 11.2 Å². The van der Waals surface area contributed by atoms with Crippen LogP contribution in [0.25, 0.3) is 11.0 Å². The van der Waals surface area contributed by atoms with Gasteiger partial charge in [-0.05, 0) is 43.4 Å². The van der Waals surface area contributed by atoms with Gasteiger partial charge in [0, 0.05) is 23.7 Å². The molecule has 2 aromatic heterocycles. The minimum absolute atomic E-state index is 0.0943. The van der Waals surface area contributed by atoms with Crippen molar-refractivity contribution in [3.63, 3.8) is 0 Å². The summed E-state index contributed by atoms with van der Waals surface area (Å²) in [6.45, 7) is 8.43. The first-order valence-electron chi connectivity index (χ1n) is 11.8. The largest absolute Gasteiger partial charge is 0.481 e. The number of carboxylic acid groups (broad SMARTS) is 1. The van der Waals surface area contributed by atoms with E-state index in [9.17, 15) is 14.7 Å². The van der Waals surface area contributed by atoms with E-state index in [1.165, 1.54) is 0 Å². The van der Waals surface area contributed by atoms with Crippen molar-refractivity contribution in [2.45, 2.75) is 78.3 Å². The Bertz CT molecular complexity index is 1070. The molecule has 2 N–H and O–H groups in total. The predicted molar refractivity (Wildman–Crippen MR) is 126 cm³/mol. The molecule has 0 spiro atoms. The first kappa shape index (κ1) is 24.5. The molecule has 0 fully saturated rings. The molecule has 2 unspecified atom stereocenters. The maximum atomic E-state index is 13.0. The summed E-state index contributed by atoms with van der Waals surface area (Å²) in [6.07, 6.45) is 5.51. The van der Waals surface area contributed by atoms with Crippen LogP contribution in [0.15, 0.2) is 35.0 Å². The average Bonchev–Trinajstić information content (AvgIpc) is 3.42. The number of hydrogen-bond acceptors (Lipinski definition) is 5. The molecule has 0 aliphatic carbocycles. The highest BCUT2D eigenvalue weighted by Crippen LogP contribution is 2.28. The van der Waals surface area contributed by atoms with Crippen molar-refractivity contribution in [3.8, 4) is 0 Å². The fourth-order valence-corrected chi connectivity index (χ4v) is 4.29. The van der Waals surface area contributed by atoms with E-state index in [4.69, 9.17) is 9.51 Å². The van der Waals surface area contributed by atoms with Gasteiger partial charge in [0.15, 0.2) is 0 Å². The maximum absolute atomic E-state index is 13.0. The highest BCUT2D eigenvalue weighted by atomic mass is 16.5. The zero-order valence-electron chi connectivity index (χ0n) is 19.9. The molecule has 8 nitrogen and oxygen atoms in total. The first-order chi connectivity index (χ1) is 15.9. The molecule has 2 heterocycles. The van der Waals surface area contributed by atoms with Gasteiger partial charge in [-0.2, -0.15) is 0 Å². The number of amides is 1. The normalized spacial score (nSPS) is 13.4. The summed E-state index contributed by atoms with van der Waals surface area (Å²) in [7, 11) is 0. The number of imidazole rings is 1. The van der Waals surface area contributed by atoms with E-state index in [1.54, 1.807) is 18.3 Å². The molecule has 0 aliphatic heterocycles. The fraction of sp³-hybridized carbons (Fsp3) is 0.520. The van der Waals surface area contributed by atoms with Crippen LogP contribution in [0.1, 0.15) is 87.8 Å². The van der Waals surface area contributed by atoms with Crippen molar-refractivity contribution in [2.24, 2.45) is 5.92 Å². The highest BCUT2D eigenvalue weighted by Gasteiger charge is 2.22. The van der Waals surface area contributed by atoms with Crippen LogP contribution >= 0.6 is 0 Å². The molecule has 0 saturated carbocycles. The molecule has 0 saturated heterocycles. The summed E-state index contributed by atoms with van der Waals surface area (Å²) in [5.41, 5.74) is 2.18. The van der Waals surface area contributed by atoms with Gasteiger partial charge in [-0.25, -0.2) is 4.98 Å². The fourth-order valence-electron chi connectivity index (χ4n) is 4.29. The first-order valence-corrected chi connectivity index (χ1v) is 11.8. The zero-order chi connectivity index (χ0) is 24.0. The van der Waals surface area contributed by atoms with Crippen molar-refractivity contribution in [1.82, 2.24) is 20.0 Å². The van der Waals surface area contributed by atoms with Gasteiger partial charge in [0.05, 0.1) is 30.1 Å². The number of aliphatic carboxylic acids is 1. The quantitative estimate of drug-likeness (QED) is 0.399. The molecule has 33 heavy (non-hydrogen) atoms. The molecule has 3 aromatic rings. The van der Waals surface area contributed by atoms with E-state index in [2.05, 4.69) is 42.7 Å². The van der Waals surface area contributed by atoms with E-state index < -0.39 is 12.0 Å². The number of carboxylic acids is 1. The molecule has 1 aromatic carbocycles. The molecule has 0 radical (unpaired) electrons.